The average molecular weight is 213 g/mol. The van der Waals surface area contributed by atoms with E-state index in [4.69, 9.17) is 0 Å². The molecule has 0 aliphatic heterocycles. The lowest BCUT2D eigenvalue weighted by molar-refractivity contribution is 0.124. The minimum absolute atomic E-state index is 0.209. The van der Waals surface area contributed by atoms with Crippen LogP contribution in [0.2, 0.25) is 0 Å². The van der Waals surface area contributed by atoms with E-state index in [9.17, 15) is 5.11 Å². The van der Waals surface area contributed by atoms with Crippen LogP contribution in [0.15, 0.2) is 0 Å². The van der Waals surface area contributed by atoms with Crippen molar-refractivity contribution in [3.05, 3.63) is 0 Å². The van der Waals surface area contributed by atoms with Crippen molar-refractivity contribution in [1.29, 1.82) is 0 Å². The number of hydrogen-bond acceptors (Lipinski definition) is 2. The number of aliphatic hydroxyl groups is 1. The van der Waals surface area contributed by atoms with Crippen molar-refractivity contribution < 1.29 is 5.11 Å². The van der Waals surface area contributed by atoms with E-state index >= 15 is 0 Å². The van der Waals surface area contributed by atoms with Crippen molar-refractivity contribution in [3.63, 3.8) is 0 Å². The van der Waals surface area contributed by atoms with Gasteiger partial charge in [-0.25, -0.2) is 0 Å². The van der Waals surface area contributed by atoms with Gasteiger partial charge in [0.05, 0.1) is 0 Å². The first kappa shape index (κ1) is 13.0. The highest BCUT2D eigenvalue weighted by Gasteiger charge is 2.33. The van der Waals surface area contributed by atoms with E-state index in [0.717, 1.165) is 6.54 Å². The van der Waals surface area contributed by atoms with Crippen LogP contribution < -0.4 is 5.32 Å². The fraction of sp³-hybridized carbons (Fsp3) is 1.00. The second-order valence-electron chi connectivity index (χ2n) is 5.14. The molecule has 90 valence electrons. The molecule has 2 heteroatoms. The number of aliphatic hydroxyl groups excluding tert-OH is 1. The van der Waals surface area contributed by atoms with E-state index in [-0.39, 0.29) is 5.41 Å². The molecule has 0 radical (unpaired) electrons. The monoisotopic (exact) mass is 213 g/mol. The molecule has 1 atom stereocenters. The summed E-state index contributed by atoms with van der Waals surface area (Å²) in [7, 11) is 0. The first-order chi connectivity index (χ1) is 7.26. The van der Waals surface area contributed by atoms with E-state index in [1.165, 1.54) is 44.9 Å². The van der Waals surface area contributed by atoms with Gasteiger partial charge in [-0.1, -0.05) is 33.1 Å². The minimum atomic E-state index is 0.209. The standard InChI is InChI=1S/C13H27NO/c1-3-7-12(4-2)14-10-13(11-15)8-5-6-9-13/h12,14-15H,3-11H2,1-2H3. The maximum atomic E-state index is 9.49. The Balaban J connectivity index is 2.32. The summed E-state index contributed by atoms with van der Waals surface area (Å²) in [6, 6.07) is 0.652. The SMILES string of the molecule is CCCC(CC)NCC1(CO)CCCC1. The third kappa shape index (κ3) is 3.76. The minimum Gasteiger partial charge on any atom is -0.396 e. The maximum Gasteiger partial charge on any atom is 0.0499 e. The third-order valence-electron chi connectivity index (χ3n) is 3.90. The van der Waals surface area contributed by atoms with Crippen LogP contribution in [-0.4, -0.2) is 24.3 Å². The van der Waals surface area contributed by atoms with E-state index in [0.29, 0.717) is 12.6 Å². The lowest BCUT2D eigenvalue weighted by Gasteiger charge is -2.29. The Morgan fingerprint density at radius 1 is 1.27 bits per heavy atom. The third-order valence-corrected chi connectivity index (χ3v) is 3.90. The zero-order valence-electron chi connectivity index (χ0n) is 10.4. The molecule has 0 saturated heterocycles. The maximum absolute atomic E-state index is 9.49. The largest absolute Gasteiger partial charge is 0.396 e. The van der Waals surface area contributed by atoms with Gasteiger partial charge in [0.2, 0.25) is 0 Å². The van der Waals surface area contributed by atoms with Crippen LogP contribution in [0.4, 0.5) is 0 Å². The first-order valence-electron chi connectivity index (χ1n) is 6.60. The summed E-state index contributed by atoms with van der Waals surface area (Å²) >= 11 is 0. The number of nitrogens with one attached hydrogen (secondary N) is 1. The Morgan fingerprint density at radius 3 is 2.40 bits per heavy atom. The van der Waals surface area contributed by atoms with Gasteiger partial charge in [-0.3, -0.25) is 0 Å². The molecular weight excluding hydrogens is 186 g/mol. The molecule has 2 nitrogen and oxygen atoms in total. The summed E-state index contributed by atoms with van der Waals surface area (Å²) in [5, 5.41) is 13.1. The van der Waals surface area contributed by atoms with Crippen LogP contribution in [0.5, 0.6) is 0 Å². The second kappa shape index (κ2) is 6.49. The van der Waals surface area contributed by atoms with Gasteiger partial charge in [-0.15, -0.1) is 0 Å². The number of hydrogen-bond donors (Lipinski definition) is 2. The van der Waals surface area contributed by atoms with Crippen LogP contribution in [0.3, 0.4) is 0 Å². The van der Waals surface area contributed by atoms with E-state index in [2.05, 4.69) is 19.2 Å². The highest BCUT2D eigenvalue weighted by Crippen LogP contribution is 2.37. The lowest BCUT2D eigenvalue weighted by atomic mass is 9.87. The Morgan fingerprint density at radius 2 is 1.93 bits per heavy atom. The van der Waals surface area contributed by atoms with E-state index in [1.807, 2.05) is 0 Å². The molecule has 0 aromatic heterocycles. The zero-order valence-corrected chi connectivity index (χ0v) is 10.4. The summed E-state index contributed by atoms with van der Waals surface area (Å²) in [6.07, 6.45) is 8.72. The molecule has 0 bridgehead atoms. The molecule has 0 amide bonds. The van der Waals surface area contributed by atoms with Crippen LogP contribution >= 0.6 is 0 Å². The smallest absolute Gasteiger partial charge is 0.0499 e. The van der Waals surface area contributed by atoms with Crippen molar-refractivity contribution in [2.75, 3.05) is 13.2 Å². The Bertz CT molecular complexity index is 164. The molecule has 0 aromatic carbocycles. The fourth-order valence-corrected chi connectivity index (χ4v) is 2.68. The lowest BCUT2D eigenvalue weighted by Crippen LogP contribution is -2.40. The van der Waals surface area contributed by atoms with Crippen molar-refractivity contribution >= 4 is 0 Å². The summed E-state index contributed by atoms with van der Waals surface area (Å²) in [6.45, 7) is 5.86. The predicted octanol–water partition coefficient (Wildman–Crippen LogP) is 2.71. The van der Waals surface area contributed by atoms with Crippen LogP contribution in [0.1, 0.15) is 58.8 Å². The zero-order chi connectivity index (χ0) is 11.1. The molecule has 1 aliphatic carbocycles. The van der Waals surface area contributed by atoms with Crippen molar-refractivity contribution in [1.82, 2.24) is 5.32 Å². The van der Waals surface area contributed by atoms with Gasteiger partial charge >= 0.3 is 0 Å². The van der Waals surface area contributed by atoms with Gasteiger partial charge in [0.1, 0.15) is 0 Å². The molecule has 1 aliphatic rings. The molecule has 0 heterocycles. The van der Waals surface area contributed by atoms with Crippen LogP contribution in [-0.2, 0) is 0 Å². The summed E-state index contributed by atoms with van der Waals surface area (Å²) in [5.74, 6) is 0. The van der Waals surface area contributed by atoms with Gasteiger partial charge in [-0.05, 0) is 25.7 Å². The second-order valence-corrected chi connectivity index (χ2v) is 5.14. The first-order valence-corrected chi connectivity index (χ1v) is 6.60. The van der Waals surface area contributed by atoms with Gasteiger partial charge in [0.15, 0.2) is 0 Å². The summed E-state index contributed by atoms with van der Waals surface area (Å²) in [4.78, 5) is 0. The molecule has 1 saturated carbocycles. The molecule has 2 N–H and O–H groups in total. The van der Waals surface area contributed by atoms with Gasteiger partial charge < -0.3 is 10.4 Å². The molecular formula is C13H27NO. The van der Waals surface area contributed by atoms with Gasteiger partial charge in [0.25, 0.3) is 0 Å². The molecule has 1 fully saturated rings. The highest BCUT2D eigenvalue weighted by atomic mass is 16.3. The van der Waals surface area contributed by atoms with Crippen LogP contribution in [0.25, 0.3) is 0 Å². The molecule has 1 unspecified atom stereocenters. The normalized spacial score (nSPS) is 21.8. The Hall–Kier alpha value is -0.0800. The van der Waals surface area contributed by atoms with E-state index < -0.39 is 0 Å². The average Bonchev–Trinajstić information content (AvgIpc) is 2.73. The molecule has 0 aromatic rings. The van der Waals surface area contributed by atoms with Crippen molar-refractivity contribution in [3.8, 4) is 0 Å². The quantitative estimate of drug-likeness (QED) is 0.681. The van der Waals surface area contributed by atoms with Crippen LogP contribution in [0, 0.1) is 5.41 Å². The highest BCUT2D eigenvalue weighted by molar-refractivity contribution is 4.87. The molecule has 0 spiro atoms. The molecule has 1 rings (SSSR count). The number of rotatable bonds is 7. The van der Waals surface area contributed by atoms with Gasteiger partial charge in [0, 0.05) is 24.6 Å². The van der Waals surface area contributed by atoms with Gasteiger partial charge in [-0.2, -0.15) is 0 Å². The predicted molar refractivity (Wildman–Crippen MR) is 65.0 cm³/mol. The Kier molecular flexibility index (Phi) is 5.62. The topological polar surface area (TPSA) is 32.3 Å². The molecule has 15 heavy (non-hydrogen) atoms. The fourth-order valence-electron chi connectivity index (χ4n) is 2.68. The summed E-state index contributed by atoms with van der Waals surface area (Å²) < 4.78 is 0. The van der Waals surface area contributed by atoms with Crippen molar-refractivity contribution in [2.45, 2.75) is 64.8 Å². The summed E-state index contributed by atoms with van der Waals surface area (Å²) in [5.41, 5.74) is 0.209. The van der Waals surface area contributed by atoms with Crippen molar-refractivity contribution in [2.24, 2.45) is 5.41 Å². The Labute approximate surface area is 94.5 Å². The van der Waals surface area contributed by atoms with E-state index in [1.54, 1.807) is 0 Å².